The maximum absolute atomic E-state index is 8.62. The van der Waals surface area contributed by atoms with Crippen molar-refractivity contribution in [3.8, 4) is 11.6 Å². The van der Waals surface area contributed by atoms with Crippen molar-refractivity contribution in [3.63, 3.8) is 0 Å². The normalized spacial score (nSPS) is 15.9. The van der Waals surface area contributed by atoms with Crippen LogP contribution < -0.4 is 21.1 Å². The van der Waals surface area contributed by atoms with E-state index in [2.05, 4.69) is 25.6 Å². The van der Waals surface area contributed by atoms with Gasteiger partial charge in [-0.15, -0.1) is 0 Å². The molecular formula is C20H21N7O. The van der Waals surface area contributed by atoms with Crippen LogP contribution in [0.3, 0.4) is 0 Å². The third-order valence-corrected chi connectivity index (χ3v) is 4.52. The molecular weight excluding hydrogens is 354 g/mol. The lowest BCUT2D eigenvalue weighted by atomic mass is 10.0. The summed E-state index contributed by atoms with van der Waals surface area (Å²) in [5, 5.41) is 15.3. The minimum atomic E-state index is 0.213. The van der Waals surface area contributed by atoms with Crippen molar-refractivity contribution in [2.75, 3.05) is 24.1 Å². The third kappa shape index (κ3) is 3.91. The zero-order valence-electron chi connectivity index (χ0n) is 15.2. The number of rotatable bonds is 6. The van der Waals surface area contributed by atoms with Crippen LogP contribution in [0.4, 0.5) is 11.6 Å². The van der Waals surface area contributed by atoms with Crippen LogP contribution in [-0.4, -0.2) is 39.8 Å². The quantitative estimate of drug-likeness (QED) is 0.488. The predicted octanol–water partition coefficient (Wildman–Crippen LogP) is 2.44. The van der Waals surface area contributed by atoms with Crippen LogP contribution in [0.1, 0.15) is 17.5 Å². The number of pyridine rings is 1. The van der Waals surface area contributed by atoms with E-state index in [4.69, 9.17) is 15.9 Å². The number of nitrogens with one attached hydrogen (secondary N) is 3. The highest BCUT2D eigenvalue weighted by Gasteiger charge is 2.21. The number of nitrogens with two attached hydrogens (primary N) is 1. The molecule has 0 spiro atoms. The molecule has 1 aromatic carbocycles. The van der Waals surface area contributed by atoms with E-state index < -0.39 is 0 Å². The van der Waals surface area contributed by atoms with Crippen LogP contribution >= 0.6 is 0 Å². The lowest BCUT2D eigenvalue weighted by Crippen LogP contribution is -2.25. The van der Waals surface area contributed by atoms with Crippen molar-refractivity contribution in [1.82, 2.24) is 20.3 Å². The second-order valence-corrected chi connectivity index (χ2v) is 6.49. The Morgan fingerprint density at radius 3 is 2.71 bits per heavy atom. The molecule has 1 aliphatic rings. The zero-order valence-corrected chi connectivity index (χ0v) is 15.2. The largest absolute Gasteiger partial charge is 0.439 e. The standard InChI is InChI=1S/C20H21N7O/c21-18(13-6-7-16(24-10-13)28-15-4-2-1-3-5-15)17-19(22)25-12-26-20(17)27-14-8-9-23-11-14/h1-7,10,12,14,21,23H,8-9,11H2,(H3,22,25,26,27). The van der Waals surface area contributed by atoms with Gasteiger partial charge in [0.1, 0.15) is 23.7 Å². The van der Waals surface area contributed by atoms with E-state index in [9.17, 15) is 0 Å². The molecule has 1 aliphatic heterocycles. The molecule has 1 fully saturated rings. The molecule has 1 saturated heterocycles. The van der Waals surface area contributed by atoms with E-state index in [0.29, 0.717) is 28.6 Å². The second kappa shape index (κ2) is 8.01. The molecule has 0 saturated carbocycles. The number of hydrogen-bond donors (Lipinski definition) is 4. The van der Waals surface area contributed by atoms with Gasteiger partial charge in [-0.3, -0.25) is 5.41 Å². The number of nitrogen functional groups attached to an aromatic ring is 1. The van der Waals surface area contributed by atoms with Crippen LogP contribution in [0.25, 0.3) is 0 Å². The average molecular weight is 375 g/mol. The Hall–Kier alpha value is -3.52. The Labute approximate surface area is 162 Å². The van der Waals surface area contributed by atoms with Crippen LogP contribution in [0.2, 0.25) is 0 Å². The lowest BCUT2D eigenvalue weighted by molar-refractivity contribution is 0.463. The number of ether oxygens (including phenoxy) is 1. The summed E-state index contributed by atoms with van der Waals surface area (Å²) in [7, 11) is 0. The van der Waals surface area contributed by atoms with Gasteiger partial charge in [-0.25, -0.2) is 15.0 Å². The summed E-state index contributed by atoms with van der Waals surface area (Å²) in [6.07, 6.45) is 3.99. The van der Waals surface area contributed by atoms with Crippen molar-refractivity contribution in [3.05, 3.63) is 66.1 Å². The molecule has 5 N–H and O–H groups in total. The Kier molecular flexibility index (Phi) is 5.11. The minimum Gasteiger partial charge on any atom is -0.439 e. The summed E-state index contributed by atoms with van der Waals surface area (Å²) in [6.45, 7) is 1.81. The van der Waals surface area contributed by atoms with Gasteiger partial charge in [0.15, 0.2) is 0 Å². The van der Waals surface area contributed by atoms with Gasteiger partial charge in [0, 0.05) is 30.4 Å². The SMILES string of the molecule is N=C(c1ccc(Oc2ccccc2)nc1)c1c(N)ncnc1NC1CCNC1. The van der Waals surface area contributed by atoms with Gasteiger partial charge in [0.25, 0.3) is 0 Å². The molecule has 1 unspecified atom stereocenters. The summed E-state index contributed by atoms with van der Waals surface area (Å²) in [5.41, 5.74) is 7.37. The molecule has 8 nitrogen and oxygen atoms in total. The van der Waals surface area contributed by atoms with Gasteiger partial charge in [0.2, 0.25) is 5.88 Å². The summed E-state index contributed by atoms with van der Waals surface area (Å²) in [5.74, 6) is 1.99. The Bertz CT molecular complexity index is 954. The predicted molar refractivity (Wildman–Crippen MR) is 108 cm³/mol. The van der Waals surface area contributed by atoms with Gasteiger partial charge in [-0.05, 0) is 31.2 Å². The van der Waals surface area contributed by atoms with E-state index in [-0.39, 0.29) is 17.6 Å². The number of nitrogens with zero attached hydrogens (tertiary/aromatic N) is 3. The van der Waals surface area contributed by atoms with E-state index in [1.54, 1.807) is 18.3 Å². The number of benzene rings is 1. The number of anilines is 2. The van der Waals surface area contributed by atoms with Crippen LogP contribution in [0.15, 0.2) is 55.0 Å². The third-order valence-electron chi connectivity index (χ3n) is 4.52. The molecule has 3 heterocycles. The van der Waals surface area contributed by atoms with E-state index >= 15 is 0 Å². The second-order valence-electron chi connectivity index (χ2n) is 6.49. The fraction of sp³-hybridized carbons (Fsp3) is 0.200. The maximum atomic E-state index is 8.62. The minimum absolute atomic E-state index is 0.213. The van der Waals surface area contributed by atoms with Crippen LogP contribution in [0.5, 0.6) is 11.6 Å². The van der Waals surface area contributed by atoms with E-state index in [1.807, 2.05) is 30.3 Å². The first-order valence-electron chi connectivity index (χ1n) is 9.06. The highest BCUT2D eigenvalue weighted by molar-refractivity contribution is 6.16. The highest BCUT2D eigenvalue weighted by Crippen LogP contribution is 2.24. The molecule has 28 heavy (non-hydrogen) atoms. The first-order chi connectivity index (χ1) is 13.7. The fourth-order valence-corrected chi connectivity index (χ4v) is 3.07. The first kappa shape index (κ1) is 17.9. The first-order valence-corrected chi connectivity index (χ1v) is 9.06. The molecule has 0 amide bonds. The fourth-order valence-electron chi connectivity index (χ4n) is 3.07. The van der Waals surface area contributed by atoms with Gasteiger partial charge in [-0.1, -0.05) is 18.2 Å². The molecule has 8 heteroatoms. The van der Waals surface area contributed by atoms with Crippen molar-refractivity contribution >= 4 is 17.3 Å². The topological polar surface area (TPSA) is 122 Å². The molecule has 2 aromatic heterocycles. The number of para-hydroxylation sites is 1. The van der Waals surface area contributed by atoms with Crippen molar-refractivity contribution in [1.29, 1.82) is 5.41 Å². The van der Waals surface area contributed by atoms with Crippen molar-refractivity contribution < 1.29 is 4.74 Å². The number of hydrogen-bond acceptors (Lipinski definition) is 8. The smallest absolute Gasteiger partial charge is 0.219 e. The molecule has 4 rings (SSSR count). The van der Waals surface area contributed by atoms with Crippen molar-refractivity contribution in [2.45, 2.75) is 12.5 Å². The monoisotopic (exact) mass is 375 g/mol. The van der Waals surface area contributed by atoms with E-state index in [1.165, 1.54) is 6.33 Å². The molecule has 1 atom stereocenters. The van der Waals surface area contributed by atoms with Crippen LogP contribution in [-0.2, 0) is 0 Å². The van der Waals surface area contributed by atoms with Gasteiger partial charge < -0.3 is 21.1 Å². The van der Waals surface area contributed by atoms with Gasteiger partial charge in [-0.2, -0.15) is 0 Å². The molecule has 3 aromatic rings. The Morgan fingerprint density at radius 2 is 2.00 bits per heavy atom. The molecule has 142 valence electrons. The van der Waals surface area contributed by atoms with Gasteiger partial charge in [0.05, 0.1) is 11.3 Å². The molecule has 0 radical (unpaired) electrons. The lowest BCUT2D eigenvalue weighted by Gasteiger charge is -2.17. The molecule has 0 aliphatic carbocycles. The summed E-state index contributed by atoms with van der Waals surface area (Å²) >= 11 is 0. The highest BCUT2D eigenvalue weighted by atomic mass is 16.5. The number of aromatic nitrogens is 3. The average Bonchev–Trinajstić information content (AvgIpc) is 3.22. The van der Waals surface area contributed by atoms with Crippen molar-refractivity contribution in [2.24, 2.45) is 0 Å². The maximum Gasteiger partial charge on any atom is 0.219 e. The van der Waals surface area contributed by atoms with Gasteiger partial charge >= 0.3 is 0 Å². The summed E-state index contributed by atoms with van der Waals surface area (Å²) < 4.78 is 5.70. The van der Waals surface area contributed by atoms with Crippen LogP contribution in [0, 0.1) is 5.41 Å². The summed E-state index contributed by atoms with van der Waals surface area (Å²) in [4.78, 5) is 12.7. The summed E-state index contributed by atoms with van der Waals surface area (Å²) in [6, 6.07) is 13.2. The van der Waals surface area contributed by atoms with E-state index in [0.717, 1.165) is 19.5 Å². The Balaban J connectivity index is 1.55. The molecule has 0 bridgehead atoms. The Morgan fingerprint density at radius 1 is 1.14 bits per heavy atom. The zero-order chi connectivity index (χ0) is 19.3.